The van der Waals surface area contributed by atoms with Gasteiger partial charge in [0.05, 0.1) is 24.8 Å². The van der Waals surface area contributed by atoms with Crippen LogP contribution >= 0.6 is 0 Å². The van der Waals surface area contributed by atoms with E-state index in [1.807, 2.05) is 0 Å². The van der Waals surface area contributed by atoms with Crippen molar-refractivity contribution in [2.45, 2.75) is 30.5 Å². The number of urea groups is 1. The van der Waals surface area contributed by atoms with E-state index in [4.69, 9.17) is 9.47 Å². The number of hydrogen-bond acceptors (Lipinski definition) is 4. The molecule has 0 aliphatic carbocycles. The van der Waals surface area contributed by atoms with Crippen LogP contribution in [0.25, 0.3) is 0 Å². The summed E-state index contributed by atoms with van der Waals surface area (Å²) in [7, 11) is 0. The minimum Gasteiger partial charge on any atom is -0.388 e. The lowest BCUT2D eigenvalue weighted by atomic mass is 10.1. The summed E-state index contributed by atoms with van der Waals surface area (Å²) >= 11 is 0. The van der Waals surface area contributed by atoms with Gasteiger partial charge < -0.3 is 25.2 Å². The predicted molar refractivity (Wildman–Crippen MR) is 72.9 cm³/mol. The van der Waals surface area contributed by atoms with Crippen LogP contribution in [0, 0.1) is 0 Å². The Labute approximate surface area is 129 Å². The number of anilines is 1. The molecule has 0 saturated carbocycles. The minimum absolute atomic E-state index is 0.147. The Morgan fingerprint density at radius 3 is 2.43 bits per heavy atom. The van der Waals surface area contributed by atoms with Crippen LogP contribution in [0.15, 0.2) is 24.3 Å². The van der Waals surface area contributed by atoms with Crippen molar-refractivity contribution in [3.8, 4) is 0 Å². The Morgan fingerprint density at radius 1 is 1.13 bits per heavy atom. The zero-order valence-electron chi connectivity index (χ0n) is 11.8. The number of fused-ring (bicyclic) bond motifs is 1. The quantitative estimate of drug-likeness (QED) is 0.764. The maximum absolute atomic E-state index is 12.5. The summed E-state index contributed by atoms with van der Waals surface area (Å²) in [4.78, 5) is 11.9. The van der Waals surface area contributed by atoms with Gasteiger partial charge in [0.15, 0.2) is 0 Å². The molecule has 2 aliphatic heterocycles. The van der Waals surface area contributed by atoms with E-state index >= 15 is 0 Å². The maximum atomic E-state index is 12.5. The monoisotopic (exact) mass is 332 g/mol. The number of carbonyl (C=O) groups excluding carboxylic acids is 1. The van der Waals surface area contributed by atoms with Gasteiger partial charge in [0, 0.05) is 5.69 Å². The van der Waals surface area contributed by atoms with Crippen LogP contribution < -0.4 is 10.6 Å². The van der Waals surface area contributed by atoms with E-state index in [9.17, 15) is 23.1 Å². The normalized spacial score (nSPS) is 30.1. The van der Waals surface area contributed by atoms with Crippen LogP contribution in [-0.4, -0.2) is 48.7 Å². The Bertz CT molecular complexity index is 578. The molecule has 1 aromatic carbocycles. The third kappa shape index (κ3) is 3.41. The van der Waals surface area contributed by atoms with Crippen molar-refractivity contribution in [3.05, 3.63) is 29.8 Å². The van der Waals surface area contributed by atoms with E-state index in [2.05, 4.69) is 10.6 Å². The number of amides is 2. The van der Waals surface area contributed by atoms with Gasteiger partial charge in [-0.2, -0.15) is 13.2 Å². The number of carbonyl (C=O) groups is 1. The van der Waals surface area contributed by atoms with E-state index in [1.54, 1.807) is 0 Å². The lowest BCUT2D eigenvalue weighted by molar-refractivity contribution is -0.137. The summed E-state index contributed by atoms with van der Waals surface area (Å²) in [6.45, 7) is 0.348. The number of aliphatic hydroxyl groups excluding tert-OH is 1. The van der Waals surface area contributed by atoms with Crippen molar-refractivity contribution in [1.29, 1.82) is 0 Å². The first-order valence-electron chi connectivity index (χ1n) is 7.00. The highest BCUT2D eigenvalue weighted by Gasteiger charge is 2.47. The van der Waals surface area contributed by atoms with E-state index in [0.29, 0.717) is 0 Å². The summed E-state index contributed by atoms with van der Waals surface area (Å²) in [6.07, 6.45) is -6.03. The van der Waals surface area contributed by atoms with Crippen molar-refractivity contribution >= 4 is 11.7 Å². The molecule has 2 heterocycles. The summed E-state index contributed by atoms with van der Waals surface area (Å²) in [6, 6.07) is 3.12. The van der Waals surface area contributed by atoms with E-state index < -0.39 is 42.1 Å². The summed E-state index contributed by atoms with van der Waals surface area (Å²) < 4.78 is 48.1. The topological polar surface area (TPSA) is 79.8 Å². The van der Waals surface area contributed by atoms with Crippen LogP contribution in [0.5, 0.6) is 0 Å². The molecule has 9 heteroatoms. The second-order valence-corrected chi connectivity index (χ2v) is 5.44. The van der Waals surface area contributed by atoms with Gasteiger partial charge in [-0.05, 0) is 24.3 Å². The fourth-order valence-electron chi connectivity index (χ4n) is 2.68. The van der Waals surface area contributed by atoms with Gasteiger partial charge in [0.25, 0.3) is 0 Å². The number of nitrogens with one attached hydrogen (secondary N) is 2. The molecule has 0 aromatic heterocycles. The minimum atomic E-state index is -4.42. The number of hydrogen-bond donors (Lipinski definition) is 3. The van der Waals surface area contributed by atoms with Gasteiger partial charge in [-0.3, -0.25) is 0 Å². The molecule has 1 aromatic rings. The number of benzene rings is 1. The first-order valence-corrected chi connectivity index (χ1v) is 7.00. The average Bonchev–Trinajstić information content (AvgIpc) is 3.03. The highest BCUT2D eigenvalue weighted by molar-refractivity contribution is 5.89. The summed E-state index contributed by atoms with van der Waals surface area (Å²) in [5.41, 5.74) is -0.554. The summed E-state index contributed by atoms with van der Waals surface area (Å²) in [5.74, 6) is 0. The zero-order valence-corrected chi connectivity index (χ0v) is 11.8. The number of halogens is 3. The van der Waals surface area contributed by atoms with Crippen LogP contribution in [0.1, 0.15) is 5.56 Å². The van der Waals surface area contributed by atoms with Gasteiger partial charge in [-0.25, -0.2) is 4.79 Å². The Balaban J connectivity index is 1.56. The molecule has 0 bridgehead atoms. The summed E-state index contributed by atoms with van der Waals surface area (Å²) in [5, 5.41) is 14.7. The molecule has 3 rings (SSSR count). The maximum Gasteiger partial charge on any atom is 0.416 e. The third-order valence-corrected chi connectivity index (χ3v) is 3.81. The van der Waals surface area contributed by atoms with Crippen molar-refractivity contribution in [1.82, 2.24) is 5.32 Å². The second-order valence-electron chi connectivity index (χ2n) is 5.44. The molecule has 0 radical (unpaired) electrons. The number of ether oxygens (including phenoxy) is 2. The third-order valence-electron chi connectivity index (χ3n) is 3.81. The molecule has 2 saturated heterocycles. The molecule has 2 aliphatic rings. The van der Waals surface area contributed by atoms with Gasteiger partial charge >= 0.3 is 12.2 Å². The molecule has 3 N–H and O–H groups in total. The fourth-order valence-corrected chi connectivity index (χ4v) is 2.68. The molecule has 0 spiro atoms. The molecular weight excluding hydrogens is 317 g/mol. The van der Waals surface area contributed by atoms with E-state index in [-0.39, 0.29) is 18.9 Å². The fraction of sp³-hybridized carbons (Fsp3) is 0.500. The Kier molecular flexibility index (Phi) is 4.17. The smallest absolute Gasteiger partial charge is 0.388 e. The number of rotatable bonds is 2. The predicted octanol–water partition coefficient (Wildman–Crippen LogP) is 1.35. The SMILES string of the molecule is O=C(Nc1ccc(C(F)(F)F)cc1)NC1COC2C(O)COC12. The molecule has 6 nitrogen and oxygen atoms in total. The van der Waals surface area contributed by atoms with Crippen LogP contribution in [0.3, 0.4) is 0 Å². The van der Waals surface area contributed by atoms with Crippen LogP contribution in [-0.2, 0) is 15.7 Å². The first kappa shape index (κ1) is 16.0. The largest absolute Gasteiger partial charge is 0.416 e. The molecule has 23 heavy (non-hydrogen) atoms. The highest BCUT2D eigenvalue weighted by atomic mass is 19.4. The Morgan fingerprint density at radius 2 is 1.78 bits per heavy atom. The van der Waals surface area contributed by atoms with Gasteiger partial charge in [0.2, 0.25) is 0 Å². The van der Waals surface area contributed by atoms with Crippen molar-refractivity contribution in [3.63, 3.8) is 0 Å². The van der Waals surface area contributed by atoms with E-state index in [0.717, 1.165) is 12.1 Å². The number of alkyl halides is 3. The molecule has 4 unspecified atom stereocenters. The molecule has 2 fully saturated rings. The standard InChI is InChI=1S/C14H15F3N2O4/c15-14(16,17)7-1-3-8(4-2-7)18-13(21)19-9-5-22-12-10(20)6-23-11(9)12/h1-4,9-12,20H,5-6H2,(H2,18,19,21). The average molecular weight is 332 g/mol. The first-order chi connectivity index (χ1) is 10.8. The number of aliphatic hydroxyl groups is 1. The molecular formula is C14H15F3N2O4. The van der Waals surface area contributed by atoms with Crippen LogP contribution in [0.4, 0.5) is 23.7 Å². The van der Waals surface area contributed by atoms with Crippen LogP contribution in [0.2, 0.25) is 0 Å². The molecule has 2 amide bonds. The van der Waals surface area contributed by atoms with E-state index in [1.165, 1.54) is 12.1 Å². The molecule has 4 atom stereocenters. The van der Waals surface area contributed by atoms with Gasteiger partial charge in [0.1, 0.15) is 18.3 Å². The van der Waals surface area contributed by atoms with Crippen molar-refractivity contribution < 1.29 is 32.5 Å². The highest BCUT2D eigenvalue weighted by Crippen LogP contribution is 2.30. The zero-order chi connectivity index (χ0) is 16.6. The Hall–Kier alpha value is -1.84. The second kappa shape index (κ2) is 5.99. The lowest BCUT2D eigenvalue weighted by Crippen LogP contribution is -2.46. The van der Waals surface area contributed by atoms with Crippen molar-refractivity contribution in [2.75, 3.05) is 18.5 Å². The lowest BCUT2D eigenvalue weighted by Gasteiger charge is -2.18. The van der Waals surface area contributed by atoms with Gasteiger partial charge in [-0.1, -0.05) is 0 Å². The van der Waals surface area contributed by atoms with Crippen molar-refractivity contribution in [2.24, 2.45) is 0 Å². The molecule has 126 valence electrons. The van der Waals surface area contributed by atoms with Gasteiger partial charge in [-0.15, -0.1) is 0 Å².